The van der Waals surface area contributed by atoms with Crippen molar-refractivity contribution in [1.29, 1.82) is 0 Å². The predicted octanol–water partition coefficient (Wildman–Crippen LogP) is 2.81. The fourth-order valence-corrected chi connectivity index (χ4v) is 4.36. The largest absolute Gasteiger partial charge is 0.490 e. The van der Waals surface area contributed by atoms with Crippen molar-refractivity contribution in [1.82, 2.24) is 19.6 Å². The molecule has 1 N–H and O–H groups in total. The number of aromatic nitrogens is 2. The van der Waals surface area contributed by atoms with Crippen molar-refractivity contribution in [2.75, 3.05) is 20.6 Å². The van der Waals surface area contributed by atoms with Gasteiger partial charge in [0.15, 0.2) is 0 Å². The third-order valence-electron chi connectivity index (χ3n) is 4.94. The molecule has 1 aliphatic heterocycles. The van der Waals surface area contributed by atoms with E-state index in [0.717, 1.165) is 29.8 Å². The molecule has 0 bridgehead atoms. The van der Waals surface area contributed by atoms with Gasteiger partial charge < -0.3 is 14.9 Å². The van der Waals surface area contributed by atoms with Gasteiger partial charge in [0.2, 0.25) is 0 Å². The Kier molecular flexibility index (Phi) is 7.64. The average Bonchev–Trinajstić information content (AvgIpc) is 3.35. The van der Waals surface area contributed by atoms with E-state index in [1.165, 1.54) is 5.56 Å². The number of carboxylic acid groups (broad SMARTS) is 1. The zero-order valence-electron chi connectivity index (χ0n) is 17.2. The zero-order chi connectivity index (χ0) is 22.6. The molecule has 1 saturated heterocycles. The van der Waals surface area contributed by atoms with Crippen molar-refractivity contribution in [2.45, 2.75) is 38.0 Å². The van der Waals surface area contributed by atoms with E-state index < -0.39 is 12.1 Å². The van der Waals surface area contributed by atoms with E-state index in [1.54, 1.807) is 11.3 Å². The van der Waals surface area contributed by atoms with E-state index in [9.17, 15) is 18.0 Å². The van der Waals surface area contributed by atoms with Crippen LogP contribution in [0, 0.1) is 6.92 Å². The average molecular weight is 446 g/mol. The van der Waals surface area contributed by atoms with E-state index in [4.69, 9.17) is 9.90 Å². The number of nitrogens with zero attached hydrogens (tertiary/aromatic N) is 4. The lowest BCUT2D eigenvalue weighted by atomic mass is 10.0. The molecule has 3 rings (SSSR count). The second-order valence-corrected chi connectivity index (χ2v) is 8.26. The van der Waals surface area contributed by atoms with Crippen LogP contribution in [-0.2, 0) is 18.3 Å². The topological polar surface area (TPSA) is 78.7 Å². The number of halogens is 3. The van der Waals surface area contributed by atoms with Crippen molar-refractivity contribution in [3.05, 3.63) is 39.8 Å². The van der Waals surface area contributed by atoms with Gasteiger partial charge in [-0.3, -0.25) is 9.48 Å². The van der Waals surface area contributed by atoms with Gasteiger partial charge in [0, 0.05) is 25.8 Å². The summed E-state index contributed by atoms with van der Waals surface area (Å²) in [4.78, 5) is 27.1. The number of amides is 1. The molecule has 30 heavy (non-hydrogen) atoms. The lowest BCUT2D eigenvalue weighted by Gasteiger charge is -2.31. The third-order valence-corrected chi connectivity index (χ3v) is 5.94. The summed E-state index contributed by atoms with van der Waals surface area (Å²) >= 11 is 1.55. The van der Waals surface area contributed by atoms with E-state index in [0.29, 0.717) is 6.04 Å². The quantitative estimate of drug-likeness (QED) is 0.782. The predicted molar refractivity (Wildman–Crippen MR) is 107 cm³/mol. The van der Waals surface area contributed by atoms with E-state index in [-0.39, 0.29) is 11.9 Å². The van der Waals surface area contributed by atoms with E-state index >= 15 is 0 Å². The van der Waals surface area contributed by atoms with Crippen LogP contribution in [0.5, 0.6) is 0 Å². The minimum absolute atomic E-state index is 0.177. The summed E-state index contributed by atoms with van der Waals surface area (Å²) in [7, 11) is 6.13. The van der Waals surface area contributed by atoms with Crippen LogP contribution in [0.25, 0.3) is 0 Å². The molecule has 0 aromatic carbocycles. The number of rotatable bonds is 4. The van der Waals surface area contributed by atoms with Crippen LogP contribution >= 0.6 is 11.3 Å². The number of carboxylic acids is 1. The standard InChI is InChI=1S/C17H24N4OS.C2HF3O2/c1-12-6-8-23-16(12)17(22)21-7-5-14(19(2)3)15(21)9-13-10-18-20(4)11-13;3-2(4,5)1(6)7/h6,8,10-11,14-15H,5,7,9H2,1-4H3;(H,6,7)/t14-,15+;/m1./s1. The molecule has 7 nitrogen and oxygen atoms in total. The second-order valence-electron chi connectivity index (χ2n) is 7.35. The van der Waals surface area contributed by atoms with E-state index in [1.807, 2.05) is 42.5 Å². The first-order valence-corrected chi connectivity index (χ1v) is 10.1. The SMILES string of the molecule is Cc1ccsc1C(=O)N1CC[C@@H](N(C)C)[C@@H]1Cc1cnn(C)c1.O=C(O)C(F)(F)F. The number of aliphatic carboxylic acids is 1. The molecule has 1 amide bonds. The lowest BCUT2D eigenvalue weighted by molar-refractivity contribution is -0.192. The Morgan fingerprint density at radius 1 is 1.37 bits per heavy atom. The number of alkyl halides is 3. The summed E-state index contributed by atoms with van der Waals surface area (Å²) in [6, 6.07) is 2.61. The molecule has 11 heteroatoms. The summed E-state index contributed by atoms with van der Waals surface area (Å²) in [5, 5.41) is 13.4. The highest BCUT2D eigenvalue weighted by Gasteiger charge is 2.39. The maximum Gasteiger partial charge on any atom is 0.490 e. The monoisotopic (exact) mass is 446 g/mol. The van der Waals surface area contributed by atoms with Crippen molar-refractivity contribution >= 4 is 23.2 Å². The van der Waals surface area contributed by atoms with Crippen LogP contribution < -0.4 is 0 Å². The Balaban J connectivity index is 0.000000396. The van der Waals surface area contributed by atoms with Gasteiger partial charge in [0.25, 0.3) is 5.91 Å². The van der Waals surface area contributed by atoms with Crippen LogP contribution in [0.2, 0.25) is 0 Å². The number of hydrogen-bond donors (Lipinski definition) is 1. The summed E-state index contributed by atoms with van der Waals surface area (Å²) < 4.78 is 33.6. The van der Waals surface area contributed by atoms with Gasteiger partial charge in [0.05, 0.1) is 17.1 Å². The molecule has 166 valence electrons. The van der Waals surface area contributed by atoms with Crippen LogP contribution in [0.15, 0.2) is 23.8 Å². The summed E-state index contributed by atoms with van der Waals surface area (Å²) in [6.07, 6.45) is 0.745. The molecule has 2 aromatic rings. The van der Waals surface area contributed by atoms with Crippen molar-refractivity contribution in [2.24, 2.45) is 7.05 Å². The zero-order valence-corrected chi connectivity index (χ0v) is 18.0. The van der Waals surface area contributed by atoms with Gasteiger partial charge in [-0.2, -0.15) is 18.3 Å². The summed E-state index contributed by atoms with van der Waals surface area (Å²) in [6.45, 7) is 2.84. The number of aryl methyl sites for hydroxylation is 2. The number of likely N-dealkylation sites (N-methyl/N-ethyl adjacent to an activating group) is 1. The maximum atomic E-state index is 13.0. The molecular formula is C19H25F3N4O3S. The molecule has 1 fully saturated rings. The molecule has 0 radical (unpaired) electrons. The minimum Gasteiger partial charge on any atom is -0.475 e. The highest BCUT2D eigenvalue weighted by atomic mass is 32.1. The number of thiophene rings is 1. The normalized spacial score (nSPS) is 19.0. The Hall–Kier alpha value is -2.40. The molecule has 0 saturated carbocycles. The first-order valence-electron chi connectivity index (χ1n) is 9.21. The van der Waals surface area contributed by atoms with Gasteiger partial charge in [-0.05, 0) is 56.4 Å². The van der Waals surface area contributed by atoms with Gasteiger partial charge in [-0.1, -0.05) is 0 Å². The molecule has 0 aliphatic carbocycles. The first-order chi connectivity index (χ1) is 13.9. The van der Waals surface area contributed by atoms with E-state index in [2.05, 4.69) is 29.0 Å². The van der Waals surface area contributed by atoms with Crippen LogP contribution in [0.3, 0.4) is 0 Å². The van der Waals surface area contributed by atoms with Crippen LogP contribution in [0.4, 0.5) is 13.2 Å². The van der Waals surface area contributed by atoms with Crippen molar-refractivity contribution < 1.29 is 27.9 Å². The smallest absolute Gasteiger partial charge is 0.475 e. The fraction of sp³-hybridized carbons (Fsp3) is 0.526. The number of hydrogen-bond acceptors (Lipinski definition) is 5. The Bertz CT molecular complexity index is 879. The minimum atomic E-state index is -5.08. The van der Waals surface area contributed by atoms with Crippen molar-refractivity contribution in [3.63, 3.8) is 0 Å². The number of carbonyl (C=O) groups excluding carboxylic acids is 1. The molecule has 3 heterocycles. The lowest BCUT2D eigenvalue weighted by Crippen LogP contribution is -2.45. The maximum absolute atomic E-state index is 13.0. The van der Waals surface area contributed by atoms with Gasteiger partial charge >= 0.3 is 12.1 Å². The van der Waals surface area contributed by atoms with Gasteiger partial charge in [0.1, 0.15) is 0 Å². The highest BCUT2D eigenvalue weighted by molar-refractivity contribution is 7.12. The number of carbonyl (C=O) groups is 2. The van der Waals surface area contributed by atoms with Crippen LogP contribution in [-0.4, -0.2) is 75.5 Å². The molecule has 0 unspecified atom stereocenters. The number of likely N-dealkylation sites (tertiary alicyclic amines) is 1. The molecule has 1 aliphatic rings. The van der Waals surface area contributed by atoms with Crippen LogP contribution in [0.1, 0.15) is 27.2 Å². The second kappa shape index (κ2) is 9.61. The third kappa shape index (κ3) is 5.82. The Morgan fingerprint density at radius 3 is 2.43 bits per heavy atom. The molecule has 2 atom stereocenters. The molecular weight excluding hydrogens is 421 g/mol. The first kappa shape index (κ1) is 23.9. The van der Waals surface area contributed by atoms with Gasteiger partial charge in [-0.15, -0.1) is 11.3 Å². The van der Waals surface area contributed by atoms with Crippen molar-refractivity contribution in [3.8, 4) is 0 Å². The highest BCUT2D eigenvalue weighted by Crippen LogP contribution is 2.28. The molecule has 0 spiro atoms. The van der Waals surface area contributed by atoms with Gasteiger partial charge in [-0.25, -0.2) is 4.79 Å². The molecule has 2 aromatic heterocycles. The Morgan fingerprint density at radius 2 is 2.00 bits per heavy atom. The summed E-state index contributed by atoms with van der Waals surface area (Å²) in [5.41, 5.74) is 2.26. The summed E-state index contributed by atoms with van der Waals surface area (Å²) in [5.74, 6) is -2.58. The Labute approximate surface area is 176 Å². The fourth-order valence-electron chi connectivity index (χ4n) is 3.48.